The predicted molar refractivity (Wildman–Crippen MR) is 81.2 cm³/mol. The minimum absolute atomic E-state index is 0.244. The van der Waals surface area contributed by atoms with Crippen LogP contribution in [0.1, 0.15) is 16.5 Å². The van der Waals surface area contributed by atoms with Crippen LogP contribution in [0.25, 0.3) is 0 Å². The summed E-state index contributed by atoms with van der Waals surface area (Å²) in [5.74, 6) is 0. The van der Waals surface area contributed by atoms with E-state index in [0.29, 0.717) is 8.67 Å². The van der Waals surface area contributed by atoms with Crippen LogP contribution in [0, 0.1) is 3.57 Å². The second-order valence-electron chi connectivity index (χ2n) is 3.20. The molecule has 0 nitrogen and oxygen atoms in total. The molecule has 0 amide bonds. The van der Waals surface area contributed by atoms with Crippen LogP contribution in [0.4, 0.5) is 0 Å². The molecule has 1 unspecified atom stereocenters. The third-order valence-corrected chi connectivity index (χ3v) is 4.77. The Bertz CT molecular complexity index is 510. The van der Waals surface area contributed by atoms with Crippen molar-refractivity contribution in [3.63, 3.8) is 0 Å². The van der Waals surface area contributed by atoms with Crippen LogP contribution >= 0.6 is 68.7 Å². The molecule has 2 aromatic rings. The fourth-order valence-corrected chi connectivity index (χ4v) is 3.90. The summed E-state index contributed by atoms with van der Waals surface area (Å²) in [7, 11) is 0. The third-order valence-electron chi connectivity index (χ3n) is 2.10. The average Bonchev–Trinajstić information content (AvgIpc) is 2.57. The van der Waals surface area contributed by atoms with E-state index in [4.69, 9.17) is 34.8 Å². The van der Waals surface area contributed by atoms with Gasteiger partial charge in [0, 0.05) is 9.13 Å². The molecule has 1 heterocycles. The van der Waals surface area contributed by atoms with Crippen molar-refractivity contribution < 1.29 is 0 Å². The molecule has 1 aromatic heterocycles. The quantitative estimate of drug-likeness (QED) is 0.427. The minimum atomic E-state index is -0.244. The van der Waals surface area contributed by atoms with Crippen LogP contribution in [-0.4, -0.2) is 0 Å². The Hall–Kier alpha value is 0.520. The molecule has 0 radical (unpaired) electrons. The molecule has 0 bridgehead atoms. The first-order chi connectivity index (χ1) is 7.58. The lowest BCUT2D eigenvalue weighted by Crippen LogP contribution is -1.92. The van der Waals surface area contributed by atoms with Gasteiger partial charge < -0.3 is 0 Å². The van der Waals surface area contributed by atoms with E-state index in [1.165, 1.54) is 11.3 Å². The van der Waals surface area contributed by atoms with E-state index in [1.807, 2.05) is 30.3 Å². The maximum absolute atomic E-state index is 6.38. The van der Waals surface area contributed by atoms with Crippen molar-refractivity contribution in [2.75, 3.05) is 0 Å². The molecule has 0 aliphatic heterocycles. The van der Waals surface area contributed by atoms with Crippen LogP contribution in [0.15, 0.2) is 30.3 Å². The van der Waals surface area contributed by atoms with Crippen molar-refractivity contribution in [1.29, 1.82) is 0 Å². The molecule has 5 heteroatoms. The maximum atomic E-state index is 6.38. The Morgan fingerprint density at radius 1 is 1.19 bits per heavy atom. The molecule has 0 fully saturated rings. The van der Waals surface area contributed by atoms with Gasteiger partial charge in [-0.1, -0.05) is 35.3 Å². The second-order valence-corrected chi connectivity index (χ2v) is 7.16. The molecule has 84 valence electrons. The molecule has 2 rings (SSSR count). The Morgan fingerprint density at radius 3 is 2.50 bits per heavy atom. The minimum Gasteiger partial charge on any atom is -0.113 e. The first kappa shape index (κ1) is 13.0. The van der Waals surface area contributed by atoms with E-state index in [0.717, 1.165) is 14.7 Å². The molecule has 0 aliphatic rings. The van der Waals surface area contributed by atoms with Crippen molar-refractivity contribution in [3.05, 3.63) is 53.7 Å². The molecule has 0 aliphatic carbocycles. The summed E-state index contributed by atoms with van der Waals surface area (Å²) in [6.45, 7) is 0. The van der Waals surface area contributed by atoms with E-state index in [9.17, 15) is 0 Å². The van der Waals surface area contributed by atoms with Gasteiger partial charge >= 0.3 is 0 Å². The van der Waals surface area contributed by atoms with Gasteiger partial charge in [0.1, 0.15) is 0 Å². The molecular weight excluding hydrogens is 397 g/mol. The number of benzene rings is 1. The third kappa shape index (κ3) is 2.85. The summed E-state index contributed by atoms with van der Waals surface area (Å²) in [6.07, 6.45) is 0. The van der Waals surface area contributed by atoms with Gasteiger partial charge in [0.05, 0.1) is 14.0 Å². The van der Waals surface area contributed by atoms with Crippen LogP contribution in [0.2, 0.25) is 8.67 Å². The molecule has 0 N–H and O–H groups in total. The van der Waals surface area contributed by atoms with Crippen LogP contribution < -0.4 is 0 Å². The van der Waals surface area contributed by atoms with Crippen LogP contribution in [0.3, 0.4) is 0 Å². The smallest absolute Gasteiger partial charge is 0.0994 e. The standard InChI is InChI=1S/C11H6Cl3IS/c12-9-5-8(11(14)16-9)10(13)6-2-1-3-7(15)4-6/h1-5,10H. The van der Waals surface area contributed by atoms with Gasteiger partial charge in [0.15, 0.2) is 0 Å². The molecule has 1 aromatic carbocycles. The lowest BCUT2D eigenvalue weighted by molar-refractivity contribution is 1.15. The van der Waals surface area contributed by atoms with Crippen LogP contribution in [-0.2, 0) is 0 Å². The van der Waals surface area contributed by atoms with E-state index in [1.54, 1.807) is 0 Å². The van der Waals surface area contributed by atoms with Gasteiger partial charge in [-0.25, -0.2) is 0 Å². The van der Waals surface area contributed by atoms with Crippen molar-refractivity contribution in [3.8, 4) is 0 Å². The van der Waals surface area contributed by atoms with Crippen LogP contribution in [0.5, 0.6) is 0 Å². The summed E-state index contributed by atoms with van der Waals surface area (Å²) in [4.78, 5) is 0. The Balaban J connectivity index is 2.38. The second kappa shape index (κ2) is 5.44. The van der Waals surface area contributed by atoms with E-state index in [-0.39, 0.29) is 5.38 Å². The lowest BCUT2D eigenvalue weighted by atomic mass is 10.1. The van der Waals surface area contributed by atoms with Gasteiger partial charge in [-0.3, -0.25) is 0 Å². The number of rotatable bonds is 2. The summed E-state index contributed by atoms with van der Waals surface area (Å²) in [6, 6.07) is 9.86. The van der Waals surface area contributed by atoms with E-state index >= 15 is 0 Å². The highest BCUT2D eigenvalue weighted by atomic mass is 127. The fourth-order valence-electron chi connectivity index (χ4n) is 1.37. The topological polar surface area (TPSA) is 0 Å². The number of halogens is 4. The van der Waals surface area contributed by atoms with Crippen molar-refractivity contribution in [1.82, 2.24) is 0 Å². The van der Waals surface area contributed by atoms with Gasteiger partial charge in [-0.15, -0.1) is 22.9 Å². The molecule has 0 saturated carbocycles. The van der Waals surface area contributed by atoms with Gasteiger partial charge in [0.2, 0.25) is 0 Å². The molecule has 0 spiro atoms. The summed E-state index contributed by atoms with van der Waals surface area (Å²) in [5, 5.41) is -0.244. The molecule has 1 atom stereocenters. The summed E-state index contributed by atoms with van der Waals surface area (Å²) >= 11 is 22.0. The van der Waals surface area contributed by atoms with Crippen molar-refractivity contribution >= 4 is 68.7 Å². The SMILES string of the molecule is Clc1cc(C(Cl)c2cccc(I)c2)c(Cl)s1. The summed E-state index contributed by atoms with van der Waals surface area (Å²) in [5.41, 5.74) is 1.91. The zero-order valence-electron chi connectivity index (χ0n) is 7.88. The summed E-state index contributed by atoms with van der Waals surface area (Å²) < 4.78 is 2.47. The van der Waals surface area contributed by atoms with Gasteiger partial charge in [0.25, 0.3) is 0 Å². The molecule has 16 heavy (non-hydrogen) atoms. The maximum Gasteiger partial charge on any atom is 0.0994 e. The monoisotopic (exact) mass is 402 g/mol. The Kier molecular flexibility index (Phi) is 4.41. The normalized spacial score (nSPS) is 12.8. The fraction of sp³-hybridized carbons (Fsp3) is 0.0909. The highest BCUT2D eigenvalue weighted by molar-refractivity contribution is 14.1. The largest absolute Gasteiger partial charge is 0.113 e. The zero-order chi connectivity index (χ0) is 11.7. The van der Waals surface area contributed by atoms with Crippen molar-refractivity contribution in [2.45, 2.75) is 5.38 Å². The average molecular weight is 403 g/mol. The predicted octanol–water partition coefficient (Wildman–Crippen LogP) is 5.99. The number of hydrogen-bond donors (Lipinski definition) is 0. The molecular formula is C11H6Cl3IS. The van der Waals surface area contributed by atoms with E-state index in [2.05, 4.69) is 22.6 Å². The lowest BCUT2D eigenvalue weighted by Gasteiger charge is -2.09. The highest BCUT2D eigenvalue weighted by Crippen LogP contribution is 2.40. The van der Waals surface area contributed by atoms with E-state index < -0.39 is 0 Å². The molecule has 0 saturated heterocycles. The highest BCUT2D eigenvalue weighted by Gasteiger charge is 2.17. The first-order valence-electron chi connectivity index (χ1n) is 4.42. The first-order valence-corrected chi connectivity index (χ1v) is 7.51. The van der Waals surface area contributed by atoms with Gasteiger partial charge in [-0.05, 0) is 46.4 Å². The Morgan fingerprint density at radius 2 is 1.94 bits per heavy atom. The zero-order valence-corrected chi connectivity index (χ0v) is 13.1. The number of thiophene rings is 1. The number of hydrogen-bond acceptors (Lipinski definition) is 1. The van der Waals surface area contributed by atoms with Gasteiger partial charge in [-0.2, -0.15) is 0 Å². The Labute approximate surface area is 127 Å². The number of alkyl halides is 1. The van der Waals surface area contributed by atoms with Crippen molar-refractivity contribution in [2.24, 2.45) is 0 Å².